The number of para-hydroxylation sites is 1. The van der Waals surface area contributed by atoms with E-state index in [1.165, 1.54) is 19.3 Å². The summed E-state index contributed by atoms with van der Waals surface area (Å²) >= 11 is 2.37. The average molecular weight is 465 g/mol. The van der Waals surface area contributed by atoms with E-state index in [0.717, 1.165) is 60.1 Å². The first kappa shape index (κ1) is 18.3. The van der Waals surface area contributed by atoms with E-state index in [1.807, 2.05) is 24.3 Å². The summed E-state index contributed by atoms with van der Waals surface area (Å²) in [5.41, 5.74) is 1.66. The maximum absolute atomic E-state index is 12.9. The van der Waals surface area contributed by atoms with Gasteiger partial charge in [0.1, 0.15) is 5.71 Å². The molecule has 0 heterocycles. The van der Waals surface area contributed by atoms with E-state index in [2.05, 4.69) is 33.2 Å². The SMILES string of the molecule is N=C(C(=O)NC12CC3CC(CC(C3)C1)C2)c1ccccc1NCCCI. The van der Waals surface area contributed by atoms with Gasteiger partial charge in [-0.3, -0.25) is 10.2 Å². The molecule has 4 aliphatic carbocycles. The van der Waals surface area contributed by atoms with E-state index < -0.39 is 0 Å². The topological polar surface area (TPSA) is 65.0 Å². The van der Waals surface area contributed by atoms with Crippen LogP contribution in [0.4, 0.5) is 5.69 Å². The summed E-state index contributed by atoms with van der Waals surface area (Å²) in [6.45, 7) is 0.865. The Morgan fingerprint density at radius 1 is 1.12 bits per heavy atom. The van der Waals surface area contributed by atoms with Gasteiger partial charge in [-0.25, -0.2) is 0 Å². The molecule has 5 rings (SSSR count). The van der Waals surface area contributed by atoms with Crippen LogP contribution in [0.5, 0.6) is 0 Å². The molecule has 0 saturated heterocycles. The molecule has 0 spiro atoms. The number of hydrogen-bond acceptors (Lipinski definition) is 3. The Morgan fingerprint density at radius 2 is 1.73 bits per heavy atom. The first-order chi connectivity index (χ1) is 12.6. The van der Waals surface area contributed by atoms with Crippen molar-refractivity contribution in [3.8, 4) is 0 Å². The van der Waals surface area contributed by atoms with Crippen LogP contribution in [0.15, 0.2) is 24.3 Å². The molecule has 26 heavy (non-hydrogen) atoms. The standard InChI is InChI=1S/C21H28IN3O/c22-6-3-7-24-18-5-2-1-4-17(18)19(23)20(26)25-21-11-14-8-15(12-21)10-16(9-14)13-21/h1-2,4-5,14-16,23-24H,3,6-13H2,(H,25,26). The fraction of sp³-hybridized carbons (Fsp3) is 0.619. The zero-order chi connectivity index (χ0) is 18.1. The van der Waals surface area contributed by atoms with Crippen LogP contribution in [0.2, 0.25) is 0 Å². The van der Waals surface area contributed by atoms with Crippen molar-refractivity contribution in [1.29, 1.82) is 5.41 Å². The highest BCUT2D eigenvalue weighted by Crippen LogP contribution is 2.55. The van der Waals surface area contributed by atoms with Gasteiger partial charge in [0.15, 0.2) is 0 Å². The Hall–Kier alpha value is -1.11. The molecule has 3 N–H and O–H groups in total. The number of hydrogen-bond donors (Lipinski definition) is 3. The van der Waals surface area contributed by atoms with Crippen LogP contribution < -0.4 is 10.6 Å². The molecule has 5 heteroatoms. The second kappa shape index (κ2) is 7.49. The number of alkyl halides is 1. The summed E-state index contributed by atoms with van der Waals surface area (Å²) in [7, 11) is 0. The summed E-state index contributed by atoms with van der Waals surface area (Å²) in [6.07, 6.45) is 8.50. The molecule has 1 aromatic carbocycles. The number of benzene rings is 1. The zero-order valence-electron chi connectivity index (χ0n) is 15.2. The predicted octanol–water partition coefficient (Wildman–Crippen LogP) is 4.38. The van der Waals surface area contributed by atoms with E-state index in [0.29, 0.717) is 5.56 Å². The molecule has 4 saturated carbocycles. The molecule has 4 nitrogen and oxygen atoms in total. The highest BCUT2D eigenvalue weighted by atomic mass is 127. The van der Waals surface area contributed by atoms with E-state index in [9.17, 15) is 4.79 Å². The van der Waals surface area contributed by atoms with Crippen molar-refractivity contribution in [1.82, 2.24) is 5.32 Å². The van der Waals surface area contributed by atoms with Crippen LogP contribution in [0.25, 0.3) is 0 Å². The minimum Gasteiger partial charge on any atom is -0.384 e. The fourth-order valence-corrected chi connectivity index (χ4v) is 6.22. The number of carbonyl (C=O) groups excluding carboxylic acids is 1. The van der Waals surface area contributed by atoms with Crippen molar-refractivity contribution in [2.24, 2.45) is 17.8 Å². The quantitative estimate of drug-likeness (QED) is 0.242. The number of anilines is 1. The summed E-state index contributed by atoms with van der Waals surface area (Å²) in [5, 5.41) is 15.2. The molecule has 1 aromatic rings. The molecular formula is C21H28IN3O. The van der Waals surface area contributed by atoms with Crippen LogP contribution in [-0.2, 0) is 4.79 Å². The van der Waals surface area contributed by atoms with Gasteiger partial charge in [-0.1, -0.05) is 40.8 Å². The maximum Gasteiger partial charge on any atom is 0.270 e. The summed E-state index contributed by atoms with van der Waals surface area (Å²) < 4.78 is 1.09. The van der Waals surface area contributed by atoms with Gasteiger partial charge in [-0.2, -0.15) is 0 Å². The Balaban J connectivity index is 1.46. The second-order valence-corrected chi connectivity index (χ2v) is 9.62. The van der Waals surface area contributed by atoms with E-state index >= 15 is 0 Å². The van der Waals surface area contributed by atoms with Crippen LogP contribution in [-0.4, -0.2) is 28.1 Å². The molecule has 0 aliphatic heterocycles. The van der Waals surface area contributed by atoms with Gasteiger partial charge in [-0.05, 0) is 68.8 Å². The lowest BCUT2D eigenvalue weighted by Gasteiger charge is -2.56. The smallest absolute Gasteiger partial charge is 0.270 e. The van der Waals surface area contributed by atoms with Crippen LogP contribution in [0, 0.1) is 23.2 Å². The predicted molar refractivity (Wildman–Crippen MR) is 114 cm³/mol. The Kier molecular flexibility index (Phi) is 5.26. The lowest BCUT2D eigenvalue weighted by Crippen LogP contribution is -2.60. The second-order valence-electron chi connectivity index (χ2n) is 8.54. The molecule has 4 bridgehead atoms. The molecular weight excluding hydrogens is 437 g/mol. The van der Waals surface area contributed by atoms with Gasteiger partial charge in [0.05, 0.1) is 0 Å². The van der Waals surface area contributed by atoms with Gasteiger partial charge >= 0.3 is 0 Å². The van der Waals surface area contributed by atoms with Crippen molar-refractivity contribution in [3.05, 3.63) is 29.8 Å². The average Bonchev–Trinajstić information content (AvgIpc) is 2.60. The Morgan fingerprint density at radius 3 is 2.35 bits per heavy atom. The normalized spacial score (nSPS) is 31.7. The molecule has 1 amide bonds. The lowest BCUT2D eigenvalue weighted by atomic mass is 9.53. The van der Waals surface area contributed by atoms with Crippen molar-refractivity contribution >= 4 is 39.9 Å². The number of halogens is 1. The molecule has 4 aliphatic rings. The molecule has 140 valence electrons. The molecule has 0 atom stereocenters. The third-order valence-electron chi connectivity index (χ3n) is 6.47. The number of amides is 1. The first-order valence-electron chi connectivity index (χ1n) is 9.89. The minimum absolute atomic E-state index is 0.0400. The monoisotopic (exact) mass is 465 g/mol. The van der Waals surface area contributed by atoms with E-state index in [4.69, 9.17) is 5.41 Å². The van der Waals surface area contributed by atoms with Crippen LogP contribution in [0.3, 0.4) is 0 Å². The lowest BCUT2D eigenvalue weighted by molar-refractivity contribution is -0.120. The van der Waals surface area contributed by atoms with Gasteiger partial charge in [0, 0.05) is 27.8 Å². The fourth-order valence-electron chi connectivity index (χ4n) is 5.83. The van der Waals surface area contributed by atoms with Crippen molar-refractivity contribution in [2.75, 3.05) is 16.3 Å². The summed E-state index contributed by atoms with van der Waals surface area (Å²) in [5.74, 6) is 2.17. The maximum atomic E-state index is 12.9. The Labute approximate surface area is 169 Å². The largest absolute Gasteiger partial charge is 0.384 e. The van der Waals surface area contributed by atoms with Gasteiger partial charge in [0.25, 0.3) is 5.91 Å². The summed E-state index contributed by atoms with van der Waals surface area (Å²) in [6, 6.07) is 7.72. The van der Waals surface area contributed by atoms with Crippen LogP contribution in [0.1, 0.15) is 50.5 Å². The highest BCUT2D eigenvalue weighted by Gasteiger charge is 2.51. The van der Waals surface area contributed by atoms with Crippen LogP contribution >= 0.6 is 22.6 Å². The first-order valence-corrected chi connectivity index (χ1v) is 11.4. The van der Waals surface area contributed by atoms with Crippen molar-refractivity contribution in [2.45, 2.75) is 50.5 Å². The highest BCUT2D eigenvalue weighted by molar-refractivity contribution is 14.1. The van der Waals surface area contributed by atoms with E-state index in [1.54, 1.807) is 0 Å². The summed E-state index contributed by atoms with van der Waals surface area (Å²) in [4.78, 5) is 12.9. The minimum atomic E-state index is -0.199. The third kappa shape index (κ3) is 3.64. The molecule has 0 radical (unpaired) electrons. The number of carbonyl (C=O) groups is 1. The van der Waals surface area contributed by atoms with Gasteiger partial charge in [0.2, 0.25) is 0 Å². The Bertz CT molecular complexity index is 667. The van der Waals surface area contributed by atoms with Gasteiger partial charge < -0.3 is 10.6 Å². The molecule has 4 fully saturated rings. The zero-order valence-corrected chi connectivity index (χ0v) is 17.3. The van der Waals surface area contributed by atoms with E-state index in [-0.39, 0.29) is 17.2 Å². The third-order valence-corrected chi connectivity index (χ3v) is 7.23. The number of rotatable bonds is 7. The van der Waals surface area contributed by atoms with Gasteiger partial charge in [-0.15, -0.1) is 0 Å². The van der Waals surface area contributed by atoms with Crippen molar-refractivity contribution in [3.63, 3.8) is 0 Å². The molecule has 0 unspecified atom stereocenters. The number of nitrogens with one attached hydrogen (secondary N) is 3. The molecule has 0 aromatic heterocycles. The van der Waals surface area contributed by atoms with Crippen molar-refractivity contribution < 1.29 is 4.79 Å².